The van der Waals surface area contributed by atoms with E-state index in [0.717, 1.165) is 12.1 Å². The van der Waals surface area contributed by atoms with E-state index in [9.17, 15) is 19.3 Å². The molecule has 0 amide bonds. The zero-order valence-electron chi connectivity index (χ0n) is 10.0. The highest BCUT2D eigenvalue weighted by molar-refractivity contribution is 5.92. The monoisotopic (exact) mass is 266 g/mol. The number of halogens is 1. The Balaban J connectivity index is 2.57. The molecule has 0 aliphatic carbocycles. The number of nitro benzene ring substituents is 1. The van der Waals surface area contributed by atoms with Crippen LogP contribution in [0.3, 0.4) is 0 Å². The van der Waals surface area contributed by atoms with Crippen molar-refractivity contribution < 1.29 is 19.2 Å². The SMILES string of the molecule is CC(Cc1c[nH]c2cc(F)cc([N+](=O)[O-])c12)C(=O)O. The Labute approximate surface area is 107 Å². The summed E-state index contributed by atoms with van der Waals surface area (Å²) in [5.74, 6) is -2.37. The molecule has 2 rings (SSSR count). The number of non-ortho nitro benzene ring substituents is 1. The fourth-order valence-electron chi connectivity index (χ4n) is 2.00. The van der Waals surface area contributed by atoms with Crippen LogP contribution in [0.5, 0.6) is 0 Å². The van der Waals surface area contributed by atoms with Gasteiger partial charge in [0, 0.05) is 6.20 Å². The summed E-state index contributed by atoms with van der Waals surface area (Å²) in [5.41, 5.74) is 0.430. The van der Waals surface area contributed by atoms with Gasteiger partial charge in [0.25, 0.3) is 5.69 Å². The van der Waals surface area contributed by atoms with Crippen LogP contribution in [-0.4, -0.2) is 21.0 Å². The molecule has 0 bridgehead atoms. The molecule has 0 saturated carbocycles. The Morgan fingerprint density at radius 3 is 2.84 bits per heavy atom. The lowest BCUT2D eigenvalue weighted by Crippen LogP contribution is -2.12. The molecular formula is C12H11FN2O4. The second-order valence-corrected chi connectivity index (χ2v) is 4.36. The number of benzene rings is 1. The first kappa shape index (κ1) is 13.0. The summed E-state index contributed by atoms with van der Waals surface area (Å²) in [5, 5.41) is 20.1. The number of aromatic nitrogens is 1. The van der Waals surface area contributed by atoms with Gasteiger partial charge in [-0.15, -0.1) is 0 Å². The van der Waals surface area contributed by atoms with E-state index in [1.165, 1.54) is 13.1 Å². The van der Waals surface area contributed by atoms with E-state index in [0.29, 0.717) is 11.1 Å². The summed E-state index contributed by atoms with van der Waals surface area (Å²) >= 11 is 0. The minimum Gasteiger partial charge on any atom is -0.481 e. The lowest BCUT2D eigenvalue weighted by Gasteiger charge is -2.05. The fourth-order valence-corrected chi connectivity index (χ4v) is 2.00. The predicted octanol–water partition coefficient (Wildman–Crippen LogP) is 2.48. The third kappa shape index (κ3) is 2.40. The Bertz CT molecular complexity index is 665. The largest absolute Gasteiger partial charge is 0.481 e. The van der Waals surface area contributed by atoms with E-state index < -0.39 is 22.6 Å². The van der Waals surface area contributed by atoms with E-state index in [-0.39, 0.29) is 17.5 Å². The molecule has 0 radical (unpaired) electrons. The zero-order valence-corrected chi connectivity index (χ0v) is 10.0. The maximum atomic E-state index is 13.2. The average molecular weight is 266 g/mol. The second kappa shape index (κ2) is 4.68. The van der Waals surface area contributed by atoms with E-state index in [1.807, 2.05) is 0 Å². The summed E-state index contributed by atoms with van der Waals surface area (Å²) in [7, 11) is 0. The smallest absolute Gasteiger partial charge is 0.306 e. The van der Waals surface area contributed by atoms with Crippen molar-refractivity contribution in [2.75, 3.05) is 0 Å². The van der Waals surface area contributed by atoms with Crippen LogP contribution in [0.2, 0.25) is 0 Å². The highest BCUT2D eigenvalue weighted by Gasteiger charge is 2.21. The number of hydrogen-bond donors (Lipinski definition) is 2. The average Bonchev–Trinajstić information content (AvgIpc) is 2.70. The Morgan fingerprint density at radius 2 is 2.26 bits per heavy atom. The first-order valence-corrected chi connectivity index (χ1v) is 5.57. The number of aliphatic carboxylic acids is 1. The van der Waals surface area contributed by atoms with Crippen LogP contribution >= 0.6 is 0 Å². The van der Waals surface area contributed by atoms with Gasteiger partial charge in [-0.3, -0.25) is 14.9 Å². The molecule has 0 spiro atoms. The molecule has 7 heteroatoms. The lowest BCUT2D eigenvalue weighted by molar-refractivity contribution is -0.383. The first-order valence-electron chi connectivity index (χ1n) is 5.57. The van der Waals surface area contributed by atoms with Crippen molar-refractivity contribution >= 4 is 22.6 Å². The molecule has 1 unspecified atom stereocenters. The fraction of sp³-hybridized carbons (Fsp3) is 0.250. The van der Waals surface area contributed by atoms with Crippen LogP contribution in [0, 0.1) is 21.8 Å². The maximum absolute atomic E-state index is 13.2. The quantitative estimate of drug-likeness (QED) is 0.656. The van der Waals surface area contributed by atoms with Gasteiger partial charge in [-0.2, -0.15) is 0 Å². The van der Waals surface area contributed by atoms with Gasteiger partial charge < -0.3 is 10.1 Å². The first-order chi connectivity index (χ1) is 8.90. The number of nitrogens with one attached hydrogen (secondary N) is 1. The summed E-state index contributed by atoms with van der Waals surface area (Å²) in [6, 6.07) is 1.99. The molecule has 1 aromatic carbocycles. The number of carboxylic acids is 1. The van der Waals surface area contributed by atoms with Gasteiger partial charge >= 0.3 is 5.97 Å². The summed E-state index contributed by atoms with van der Waals surface area (Å²) < 4.78 is 13.2. The topological polar surface area (TPSA) is 96.2 Å². The van der Waals surface area contributed by atoms with E-state index in [4.69, 9.17) is 5.11 Å². The molecule has 2 N–H and O–H groups in total. The number of carbonyl (C=O) groups is 1. The number of nitro groups is 1. The molecular weight excluding hydrogens is 255 g/mol. The van der Waals surface area contributed by atoms with Crippen molar-refractivity contribution in [3.05, 3.63) is 39.8 Å². The van der Waals surface area contributed by atoms with Crippen LogP contribution < -0.4 is 0 Å². The molecule has 2 aromatic rings. The maximum Gasteiger partial charge on any atom is 0.306 e. The van der Waals surface area contributed by atoms with Crippen LogP contribution in [0.4, 0.5) is 10.1 Å². The van der Waals surface area contributed by atoms with Crippen LogP contribution in [0.25, 0.3) is 10.9 Å². The summed E-state index contributed by atoms with van der Waals surface area (Å²) in [4.78, 5) is 23.8. The third-order valence-electron chi connectivity index (χ3n) is 2.95. The van der Waals surface area contributed by atoms with Crippen LogP contribution in [-0.2, 0) is 11.2 Å². The van der Waals surface area contributed by atoms with Crippen molar-refractivity contribution in [2.24, 2.45) is 5.92 Å². The molecule has 0 saturated heterocycles. The molecule has 0 fully saturated rings. The number of fused-ring (bicyclic) bond motifs is 1. The van der Waals surface area contributed by atoms with E-state index >= 15 is 0 Å². The minimum atomic E-state index is -0.987. The molecule has 1 aromatic heterocycles. The molecule has 100 valence electrons. The van der Waals surface area contributed by atoms with Crippen molar-refractivity contribution in [1.29, 1.82) is 0 Å². The molecule has 19 heavy (non-hydrogen) atoms. The lowest BCUT2D eigenvalue weighted by atomic mass is 10.00. The van der Waals surface area contributed by atoms with Crippen molar-refractivity contribution in [3.8, 4) is 0 Å². The highest BCUT2D eigenvalue weighted by atomic mass is 19.1. The molecule has 1 heterocycles. The molecule has 0 aliphatic heterocycles. The van der Waals surface area contributed by atoms with Gasteiger partial charge in [0.05, 0.1) is 27.8 Å². The van der Waals surface area contributed by atoms with Gasteiger partial charge in [0.15, 0.2) is 0 Å². The van der Waals surface area contributed by atoms with Gasteiger partial charge in [-0.05, 0) is 18.1 Å². The minimum absolute atomic E-state index is 0.141. The number of carboxylic acid groups (broad SMARTS) is 1. The third-order valence-corrected chi connectivity index (χ3v) is 2.95. The van der Waals surface area contributed by atoms with Gasteiger partial charge in [-0.1, -0.05) is 6.92 Å². The second-order valence-electron chi connectivity index (χ2n) is 4.36. The zero-order chi connectivity index (χ0) is 14.2. The summed E-state index contributed by atoms with van der Waals surface area (Å²) in [6.45, 7) is 1.51. The predicted molar refractivity (Wildman–Crippen MR) is 65.4 cm³/mol. The van der Waals surface area contributed by atoms with Crippen molar-refractivity contribution in [1.82, 2.24) is 4.98 Å². The number of aromatic amines is 1. The molecule has 1 atom stereocenters. The Kier molecular flexibility index (Phi) is 3.20. The standard InChI is InChI=1S/C12H11FN2O4/c1-6(12(16)17)2-7-5-14-9-3-8(13)4-10(11(7)9)15(18)19/h3-6,14H,2H2,1H3,(H,16,17). The summed E-state index contributed by atoms with van der Waals surface area (Å²) in [6.07, 6.45) is 1.62. The van der Waals surface area contributed by atoms with E-state index in [1.54, 1.807) is 0 Å². The van der Waals surface area contributed by atoms with Gasteiger partial charge in [-0.25, -0.2) is 4.39 Å². The Hall–Kier alpha value is -2.44. The number of hydrogen-bond acceptors (Lipinski definition) is 3. The van der Waals surface area contributed by atoms with Gasteiger partial charge in [0.1, 0.15) is 5.82 Å². The molecule has 6 nitrogen and oxygen atoms in total. The van der Waals surface area contributed by atoms with E-state index in [2.05, 4.69) is 4.98 Å². The van der Waals surface area contributed by atoms with Crippen molar-refractivity contribution in [2.45, 2.75) is 13.3 Å². The van der Waals surface area contributed by atoms with Crippen LogP contribution in [0.15, 0.2) is 18.3 Å². The molecule has 0 aliphatic rings. The number of rotatable bonds is 4. The number of nitrogens with zero attached hydrogens (tertiary/aromatic N) is 1. The van der Waals surface area contributed by atoms with Crippen molar-refractivity contribution in [3.63, 3.8) is 0 Å². The Morgan fingerprint density at radius 1 is 1.58 bits per heavy atom. The number of H-pyrrole nitrogens is 1. The normalized spacial score (nSPS) is 12.5. The van der Waals surface area contributed by atoms with Crippen LogP contribution in [0.1, 0.15) is 12.5 Å². The van der Waals surface area contributed by atoms with Gasteiger partial charge in [0.2, 0.25) is 0 Å². The highest BCUT2D eigenvalue weighted by Crippen LogP contribution is 2.31.